The maximum absolute atomic E-state index is 13.0. The van der Waals surface area contributed by atoms with Crippen molar-refractivity contribution in [1.29, 1.82) is 0 Å². The highest BCUT2D eigenvalue weighted by Gasteiger charge is 2.31. The molecule has 0 spiro atoms. The zero-order chi connectivity index (χ0) is 23.6. The van der Waals surface area contributed by atoms with Gasteiger partial charge in [0.2, 0.25) is 15.9 Å². The minimum absolute atomic E-state index is 0.0641. The number of nitrogens with zero attached hydrogens (tertiary/aromatic N) is 3. The largest absolute Gasteiger partial charge is 0.497 e. The Kier molecular flexibility index (Phi) is 6.48. The third-order valence-corrected chi connectivity index (χ3v) is 7.40. The summed E-state index contributed by atoms with van der Waals surface area (Å²) in [4.78, 5) is 12.8. The number of aromatic nitrogens is 2. The molecule has 0 aliphatic carbocycles. The van der Waals surface area contributed by atoms with Crippen molar-refractivity contribution in [1.82, 2.24) is 14.5 Å². The van der Waals surface area contributed by atoms with Crippen LogP contribution < -0.4 is 10.1 Å². The molecule has 33 heavy (non-hydrogen) atoms. The second-order valence-corrected chi connectivity index (χ2v) is 10.3. The average Bonchev–Trinajstić information content (AvgIpc) is 3.27. The number of piperidine rings is 1. The van der Waals surface area contributed by atoms with Gasteiger partial charge in [0.15, 0.2) is 0 Å². The Morgan fingerprint density at radius 3 is 2.45 bits per heavy atom. The van der Waals surface area contributed by atoms with Gasteiger partial charge in [-0.1, -0.05) is 25.0 Å². The molecule has 2 heterocycles. The van der Waals surface area contributed by atoms with E-state index in [9.17, 15) is 13.2 Å². The minimum atomic E-state index is -3.61. The van der Waals surface area contributed by atoms with Crippen molar-refractivity contribution in [2.24, 2.45) is 11.8 Å². The quantitative estimate of drug-likeness (QED) is 0.585. The zero-order valence-electron chi connectivity index (χ0n) is 18.7. The second-order valence-electron chi connectivity index (χ2n) is 8.39. The summed E-state index contributed by atoms with van der Waals surface area (Å²) in [5.74, 6) is 1.00. The topological polar surface area (TPSA) is 115 Å². The van der Waals surface area contributed by atoms with E-state index in [-0.39, 0.29) is 22.4 Å². The Morgan fingerprint density at radius 2 is 1.79 bits per heavy atom. The van der Waals surface area contributed by atoms with Crippen LogP contribution in [0.1, 0.15) is 30.6 Å². The lowest BCUT2D eigenvalue weighted by atomic mass is 9.94. The van der Waals surface area contributed by atoms with E-state index in [1.807, 2.05) is 0 Å². The Morgan fingerprint density at radius 1 is 1.09 bits per heavy atom. The molecule has 4 rings (SSSR count). The standard InChI is InChI=1S/C23H26N4O5S/c1-15-11-16(2)14-27(13-15)33(29,30)20-9-7-17(8-10-20)21(28)24-23-26-25-22(32-23)18-5-4-6-19(12-18)31-3/h4-10,12,15-16H,11,13-14H2,1-3H3,(H,24,26,28)/t15-,16+. The predicted octanol–water partition coefficient (Wildman–Crippen LogP) is 3.66. The molecule has 9 nitrogen and oxygen atoms in total. The van der Waals surface area contributed by atoms with Gasteiger partial charge in [0, 0.05) is 24.2 Å². The molecule has 1 aliphatic heterocycles. The van der Waals surface area contributed by atoms with Crippen molar-refractivity contribution in [3.05, 3.63) is 54.1 Å². The Balaban J connectivity index is 1.45. The molecule has 10 heteroatoms. The summed E-state index contributed by atoms with van der Waals surface area (Å²) in [7, 11) is -2.05. The van der Waals surface area contributed by atoms with Crippen LogP contribution in [0.5, 0.6) is 5.75 Å². The monoisotopic (exact) mass is 470 g/mol. The molecule has 0 radical (unpaired) electrons. The fraction of sp³-hybridized carbons (Fsp3) is 0.348. The molecule has 1 amide bonds. The number of anilines is 1. The van der Waals surface area contributed by atoms with Gasteiger partial charge in [-0.05, 0) is 60.7 Å². The summed E-state index contributed by atoms with van der Waals surface area (Å²) in [5, 5.41) is 10.3. The zero-order valence-corrected chi connectivity index (χ0v) is 19.5. The maximum Gasteiger partial charge on any atom is 0.322 e. The summed E-state index contributed by atoms with van der Waals surface area (Å²) < 4.78 is 38.3. The van der Waals surface area contributed by atoms with Crippen LogP contribution >= 0.6 is 0 Å². The van der Waals surface area contributed by atoms with Crippen LogP contribution in [0.25, 0.3) is 11.5 Å². The first-order valence-electron chi connectivity index (χ1n) is 10.7. The van der Waals surface area contributed by atoms with Crippen LogP contribution in [0.3, 0.4) is 0 Å². The number of benzene rings is 2. The maximum atomic E-state index is 13.0. The van der Waals surface area contributed by atoms with Crippen LogP contribution in [0.2, 0.25) is 0 Å². The molecule has 1 fully saturated rings. The first-order valence-corrected chi connectivity index (χ1v) is 12.1. The van der Waals surface area contributed by atoms with Crippen molar-refractivity contribution in [3.63, 3.8) is 0 Å². The number of carbonyl (C=O) groups is 1. The number of rotatable bonds is 6. The van der Waals surface area contributed by atoms with E-state index < -0.39 is 15.9 Å². The number of sulfonamides is 1. The van der Waals surface area contributed by atoms with E-state index in [2.05, 4.69) is 29.4 Å². The van der Waals surface area contributed by atoms with Crippen molar-refractivity contribution in [3.8, 4) is 17.2 Å². The number of ether oxygens (including phenoxy) is 1. The molecule has 1 aliphatic rings. The van der Waals surface area contributed by atoms with Crippen molar-refractivity contribution >= 4 is 21.9 Å². The molecular weight excluding hydrogens is 444 g/mol. The fourth-order valence-corrected chi connectivity index (χ4v) is 5.72. The van der Waals surface area contributed by atoms with Gasteiger partial charge < -0.3 is 9.15 Å². The predicted molar refractivity (Wildman–Crippen MR) is 122 cm³/mol. The van der Waals surface area contributed by atoms with Gasteiger partial charge >= 0.3 is 6.01 Å². The van der Waals surface area contributed by atoms with E-state index in [0.29, 0.717) is 36.2 Å². The molecule has 0 unspecified atom stereocenters. The van der Waals surface area contributed by atoms with Gasteiger partial charge in [0.25, 0.3) is 5.91 Å². The molecule has 0 saturated carbocycles. The molecule has 0 bridgehead atoms. The van der Waals surface area contributed by atoms with Crippen molar-refractivity contribution in [2.75, 3.05) is 25.5 Å². The molecule has 1 N–H and O–H groups in total. The smallest absolute Gasteiger partial charge is 0.322 e. The van der Waals surface area contributed by atoms with Crippen LogP contribution in [0, 0.1) is 11.8 Å². The van der Waals surface area contributed by atoms with Gasteiger partial charge in [0.05, 0.1) is 12.0 Å². The lowest BCUT2D eigenvalue weighted by Crippen LogP contribution is -2.42. The van der Waals surface area contributed by atoms with E-state index in [4.69, 9.17) is 9.15 Å². The van der Waals surface area contributed by atoms with E-state index in [1.54, 1.807) is 31.4 Å². The highest BCUT2D eigenvalue weighted by Crippen LogP contribution is 2.27. The summed E-state index contributed by atoms with van der Waals surface area (Å²) in [6.45, 7) is 5.12. The minimum Gasteiger partial charge on any atom is -0.497 e. The molecule has 174 valence electrons. The van der Waals surface area contributed by atoms with E-state index in [0.717, 1.165) is 6.42 Å². The summed E-state index contributed by atoms with van der Waals surface area (Å²) in [5.41, 5.74) is 0.925. The normalized spacial score (nSPS) is 19.2. The molecular formula is C23H26N4O5S. The van der Waals surface area contributed by atoms with Crippen molar-refractivity contribution in [2.45, 2.75) is 25.2 Å². The summed E-state index contributed by atoms with van der Waals surface area (Å²) >= 11 is 0. The van der Waals surface area contributed by atoms with E-state index >= 15 is 0 Å². The third kappa shape index (κ3) is 5.07. The first-order chi connectivity index (χ1) is 15.8. The Labute approximate surface area is 192 Å². The summed E-state index contributed by atoms with van der Waals surface area (Å²) in [6.07, 6.45) is 1.01. The number of carbonyl (C=O) groups excluding carboxylic acids is 1. The lowest BCUT2D eigenvalue weighted by Gasteiger charge is -2.34. The highest BCUT2D eigenvalue weighted by molar-refractivity contribution is 7.89. The number of methoxy groups -OCH3 is 1. The van der Waals surface area contributed by atoms with Crippen LogP contribution in [-0.2, 0) is 10.0 Å². The lowest BCUT2D eigenvalue weighted by molar-refractivity contribution is 0.102. The highest BCUT2D eigenvalue weighted by atomic mass is 32.2. The molecule has 2 atom stereocenters. The van der Waals surface area contributed by atoms with E-state index in [1.165, 1.54) is 28.6 Å². The molecule has 1 aromatic heterocycles. The molecule has 3 aromatic rings. The van der Waals surface area contributed by atoms with Gasteiger partial charge in [-0.3, -0.25) is 10.1 Å². The number of hydrogen-bond acceptors (Lipinski definition) is 7. The number of hydrogen-bond donors (Lipinski definition) is 1. The molecule has 2 aromatic carbocycles. The SMILES string of the molecule is COc1cccc(-c2nnc(NC(=O)c3ccc(S(=O)(=O)N4C[C@H](C)C[C@H](C)C4)cc3)o2)c1. The van der Waals surface area contributed by atoms with Gasteiger partial charge in [-0.2, -0.15) is 4.31 Å². The second kappa shape index (κ2) is 9.32. The van der Waals surface area contributed by atoms with Crippen LogP contribution in [0.15, 0.2) is 57.8 Å². The average molecular weight is 471 g/mol. The molecule has 1 saturated heterocycles. The van der Waals surface area contributed by atoms with Gasteiger partial charge in [-0.25, -0.2) is 8.42 Å². The Bertz CT molecular complexity index is 1230. The summed E-state index contributed by atoms with van der Waals surface area (Å²) in [6, 6.07) is 12.9. The number of amides is 1. The van der Waals surface area contributed by atoms with Gasteiger partial charge in [-0.15, -0.1) is 5.10 Å². The fourth-order valence-electron chi connectivity index (χ4n) is 4.05. The van der Waals surface area contributed by atoms with Gasteiger partial charge in [0.1, 0.15) is 5.75 Å². The third-order valence-electron chi connectivity index (χ3n) is 5.55. The first kappa shape index (κ1) is 22.9. The van der Waals surface area contributed by atoms with Crippen LogP contribution in [-0.4, -0.2) is 49.0 Å². The Hall–Kier alpha value is -3.24. The van der Waals surface area contributed by atoms with Crippen LogP contribution in [0.4, 0.5) is 6.01 Å². The van der Waals surface area contributed by atoms with Crippen molar-refractivity contribution < 1.29 is 22.4 Å². The number of nitrogens with one attached hydrogen (secondary N) is 1.